The Kier molecular flexibility index (Phi) is 5.11. The maximum absolute atomic E-state index is 11.6. The highest BCUT2D eigenvalue weighted by Crippen LogP contribution is 2.25. The van der Waals surface area contributed by atoms with E-state index in [0.717, 1.165) is 0 Å². The quantitative estimate of drug-likeness (QED) is 0.477. The van der Waals surface area contributed by atoms with Gasteiger partial charge in [0.1, 0.15) is 11.6 Å². The average molecular weight is 215 g/mol. The number of rotatable bonds is 7. The summed E-state index contributed by atoms with van der Waals surface area (Å²) in [5, 5.41) is 10.4. The maximum atomic E-state index is 11.6. The third-order valence-corrected chi connectivity index (χ3v) is 2.45. The Bertz CT molecular complexity index is 275. The predicted molar refractivity (Wildman–Crippen MR) is 55.2 cm³/mol. The molecule has 0 aliphatic rings. The molecule has 0 rings (SSSR count). The van der Waals surface area contributed by atoms with Gasteiger partial charge in [-0.15, -0.1) is 0 Å². The zero-order valence-electron chi connectivity index (χ0n) is 9.41. The Morgan fingerprint density at radius 3 is 2.13 bits per heavy atom. The zero-order valence-corrected chi connectivity index (χ0v) is 9.41. The van der Waals surface area contributed by atoms with Crippen molar-refractivity contribution in [3.63, 3.8) is 0 Å². The van der Waals surface area contributed by atoms with Crippen LogP contribution in [0.15, 0.2) is 0 Å². The van der Waals surface area contributed by atoms with Gasteiger partial charge >= 0.3 is 0 Å². The summed E-state index contributed by atoms with van der Waals surface area (Å²) >= 11 is 0. The Morgan fingerprint density at radius 1 is 1.27 bits per heavy atom. The largest absolute Gasteiger partial charge is 0.300 e. The molecule has 0 amide bonds. The molecule has 0 aliphatic carbocycles. The minimum absolute atomic E-state index is 0.0306. The normalized spacial score (nSPS) is 14.3. The average Bonchev–Trinajstić information content (AvgIpc) is 2.14. The molecule has 1 atom stereocenters. The SMILES string of the molecule is CCC(=O)CC(C)(C[N+](=O)[O-])C(=O)CC. The molecule has 0 saturated heterocycles. The Balaban J connectivity index is 4.76. The molecule has 0 aromatic rings. The standard InChI is InChI=1S/C10H17NO4/c1-4-8(12)6-10(3,7-11(14)15)9(13)5-2/h4-7H2,1-3H3. The summed E-state index contributed by atoms with van der Waals surface area (Å²) in [4.78, 5) is 32.7. The van der Waals surface area contributed by atoms with Crippen molar-refractivity contribution in [3.8, 4) is 0 Å². The molecular formula is C10H17NO4. The van der Waals surface area contributed by atoms with Crippen LogP contribution in [0.25, 0.3) is 0 Å². The summed E-state index contributed by atoms with van der Waals surface area (Å²) < 4.78 is 0. The van der Waals surface area contributed by atoms with E-state index in [1.807, 2.05) is 0 Å². The van der Waals surface area contributed by atoms with Crippen molar-refractivity contribution < 1.29 is 14.5 Å². The van der Waals surface area contributed by atoms with E-state index in [1.165, 1.54) is 6.92 Å². The predicted octanol–water partition coefficient (Wildman–Crippen LogP) is 1.62. The molecule has 1 unspecified atom stereocenters. The third kappa shape index (κ3) is 4.18. The molecule has 0 fully saturated rings. The van der Waals surface area contributed by atoms with Crippen LogP contribution >= 0.6 is 0 Å². The summed E-state index contributed by atoms with van der Waals surface area (Å²) in [7, 11) is 0. The van der Waals surface area contributed by atoms with Crippen molar-refractivity contribution >= 4 is 11.6 Å². The van der Waals surface area contributed by atoms with Gasteiger partial charge < -0.3 is 0 Å². The maximum Gasteiger partial charge on any atom is 0.216 e. The summed E-state index contributed by atoms with van der Waals surface area (Å²) in [6.45, 7) is 4.36. The molecule has 0 saturated carbocycles. The molecule has 86 valence electrons. The first-order chi connectivity index (χ1) is 6.85. The second-order valence-corrected chi connectivity index (χ2v) is 3.90. The van der Waals surface area contributed by atoms with Gasteiger partial charge in [0.2, 0.25) is 6.54 Å². The molecular weight excluding hydrogens is 198 g/mol. The van der Waals surface area contributed by atoms with Gasteiger partial charge in [-0.05, 0) is 6.92 Å². The summed E-state index contributed by atoms with van der Waals surface area (Å²) in [5.41, 5.74) is -1.13. The molecule has 0 spiro atoms. The van der Waals surface area contributed by atoms with E-state index >= 15 is 0 Å². The second kappa shape index (κ2) is 5.58. The van der Waals surface area contributed by atoms with E-state index in [2.05, 4.69) is 0 Å². The fraction of sp³-hybridized carbons (Fsp3) is 0.800. The molecule has 0 heterocycles. The van der Waals surface area contributed by atoms with Crippen molar-refractivity contribution in [2.24, 2.45) is 5.41 Å². The monoisotopic (exact) mass is 215 g/mol. The fourth-order valence-electron chi connectivity index (χ4n) is 1.51. The van der Waals surface area contributed by atoms with E-state index in [1.54, 1.807) is 13.8 Å². The van der Waals surface area contributed by atoms with Gasteiger partial charge in [0, 0.05) is 24.2 Å². The van der Waals surface area contributed by atoms with Crippen molar-refractivity contribution in [2.75, 3.05) is 6.54 Å². The number of nitro groups is 1. The minimum atomic E-state index is -1.13. The van der Waals surface area contributed by atoms with E-state index < -0.39 is 16.9 Å². The highest BCUT2D eigenvalue weighted by Gasteiger charge is 2.38. The summed E-state index contributed by atoms with van der Waals surface area (Å²) in [6, 6.07) is 0. The molecule has 0 N–H and O–H groups in total. The lowest BCUT2D eigenvalue weighted by atomic mass is 9.79. The smallest absolute Gasteiger partial charge is 0.216 e. The van der Waals surface area contributed by atoms with Gasteiger partial charge in [0.05, 0.1) is 5.41 Å². The van der Waals surface area contributed by atoms with Gasteiger partial charge in [0.15, 0.2) is 0 Å². The third-order valence-electron chi connectivity index (χ3n) is 2.45. The molecule has 5 heteroatoms. The highest BCUT2D eigenvalue weighted by molar-refractivity contribution is 5.90. The lowest BCUT2D eigenvalue weighted by molar-refractivity contribution is -0.492. The Hall–Kier alpha value is -1.26. The lowest BCUT2D eigenvalue weighted by Gasteiger charge is -2.22. The van der Waals surface area contributed by atoms with Gasteiger partial charge in [0.25, 0.3) is 0 Å². The van der Waals surface area contributed by atoms with Crippen LogP contribution in [0.1, 0.15) is 40.0 Å². The Labute approximate surface area is 89.0 Å². The van der Waals surface area contributed by atoms with E-state index in [9.17, 15) is 19.7 Å². The van der Waals surface area contributed by atoms with Gasteiger partial charge in [-0.3, -0.25) is 19.7 Å². The number of hydrogen-bond donors (Lipinski definition) is 0. The summed E-state index contributed by atoms with van der Waals surface area (Å²) in [5.74, 6) is -0.331. The molecule has 0 radical (unpaired) electrons. The zero-order chi connectivity index (χ0) is 12.1. The number of carbonyl (C=O) groups excluding carboxylic acids is 2. The molecule has 0 aliphatic heterocycles. The molecule has 0 aromatic heterocycles. The van der Waals surface area contributed by atoms with Gasteiger partial charge in [-0.1, -0.05) is 13.8 Å². The van der Waals surface area contributed by atoms with Crippen molar-refractivity contribution in [2.45, 2.75) is 40.0 Å². The second-order valence-electron chi connectivity index (χ2n) is 3.90. The van der Waals surface area contributed by atoms with Gasteiger partial charge in [-0.2, -0.15) is 0 Å². The first kappa shape index (κ1) is 13.7. The van der Waals surface area contributed by atoms with Crippen molar-refractivity contribution in [1.82, 2.24) is 0 Å². The minimum Gasteiger partial charge on any atom is -0.300 e. The van der Waals surface area contributed by atoms with Gasteiger partial charge in [-0.25, -0.2) is 0 Å². The van der Waals surface area contributed by atoms with Crippen LogP contribution in [0, 0.1) is 15.5 Å². The van der Waals surface area contributed by atoms with E-state index in [-0.39, 0.29) is 24.4 Å². The molecule has 5 nitrogen and oxygen atoms in total. The Morgan fingerprint density at radius 2 is 1.80 bits per heavy atom. The topological polar surface area (TPSA) is 77.3 Å². The van der Waals surface area contributed by atoms with E-state index in [4.69, 9.17) is 0 Å². The van der Waals surface area contributed by atoms with Crippen LogP contribution in [0.5, 0.6) is 0 Å². The van der Waals surface area contributed by atoms with E-state index in [0.29, 0.717) is 6.42 Å². The molecule has 15 heavy (non-hydrogen) atoms. The molecule has 0 bridgehead atoms. The highest BCUT2D eigenvalue weighted by atomic mass is 16.6. The fourth-order valence-corrected chi connectivity index (χ4v) is 1.51. The number of Topliss-reactive ketones (excluding diaryl/α,β-unsaturated/α-hetero) is 2. The van der Waals surface area contributed by atoms with Crippen molar-refractivity contribution in [3.05, 3.63) is 10.1 Å². The number of nitrogens with zero attached hydrogens (tertiary/aromatic N) is 1. The van der Waals surface area contributed by atoms with Crippen LogP contribution in [0.2, 0.25) is 0 Å². The van der Waals surface area contributed by atoms with Crippen LogP contribution in [-0.4, -0.2) is 23.0 Å². The molecule has 0 aromatic carbocycles. The summed E-state index contributed by atoms with van der Waals surface area (Å²) in [6.07, 6.45) is 0.503. The first-order valence-electron chi connectivity index (χ1n) is 5.02. The van der Waals surface area contributed by atoms with Crippen LogP contribution in [-0.2, 0) is 9.59 Å². The number of carbonyl (C=O) groups is 2. The first-order valence-corrected chi connectivity index (χ1v) is 5.02. The number of ketones is 2. The lowest BCUT2D eigenvalue weighted by Crippen LogP contribution is -2.37. The van der Waals surface area contributed by atoms with Crippen LogP contribution < -0.4 is 0 Å². The van der Waals surface area contributed by atoms with Crippen LogP contribution in [0.3, 0.4) is 0 Å². The van der Waals surface area contributed by atoms with Crippen LogP contribution in [0.4, 0.5) is 0 Å². The number of hydrogen-bond acceptors (Lipinski definition) is 4. The van der Waals surface area contributed by atoms with Crippen molar-refractivity contribution in [1.29, 1.82) is 0 Å².